The van der Waals surface area contributed by atoms with Gasteiger partial charge in [-0.2, -0.15) is 17.4 Å². The van der Waals surface area contributed by atoms with Crippen molar-refractivity contribution in [3.63, 3.8) is 0 Å². The molecule has 0 saturated heterocycles. The molecule has 8 heteroatoms. The maximum Gasteiger partial charge on any atom is 0.279 e. The molecular formula is C14H24N4O3S. The number of amides is 1. The highest BCUT2D eigenvalue weighted by Crippen LogP contribution is 2.07. The van der Waals surface area contributed by atoms with Crippen LogP contribution in [-0.4, -0.2) is 43.8 Å². The van der Waals surface area contributed by atoms with Gasteiger partial charge in [0.25, 0.3) is 10.2 Å². The molecule has 22 heavy (non-hydrogen) atoms. The molecule has 0 unspecified atom stereocenters. The number of nitrogens with one attached hydrogen (secondary N) is 2. The molecule has 2 N–H and O–H groups in total. The largest absolute Gasteiger partial charge is 0.351 e. The second kappa shape index (κ2) is 8.21. The van der Waals surface area contributed by atoms with Gasteiger partial charge in [-0.25, -0.2) is 0 Å². The van der Waals surface area contributed by atoms with Gasteiger partial charge in [0.15, 0.2) is 0 Å². The number of pyridine rings is 1. The van der Waals surface area contributed by atoms with Gasteiger partial charge in [0.2, 0.25) is 5.91 Å². The van der Waals surface area contributed by atoms with Crippen molar-refractivity contribution in [1.82, 2.24) is 19.3 Å². The first kappa shape index (κ1) is 18.5. The van der Waals surface area contributed by atoms with Crippen molar-refractivity contribution in [2.75, 3.05) is 14.1 Å². The predicted molar refractivity (Wildman–Crippen MR) is 85.1 cm³/mol. The monoisotopic (exact) mass is 328 g/mol. The van der Waals surface area contributed by atoms with Gasteiger partial charge in [0.1, 0.15) is 6.04 Å². The summed E-state index contributed by atoms with van der Waals surface area (Å²) in [5.74, 6) is -0.165. The van der Waals surface area contributed by atoms with E-state index in [9.17, 15) is 13.2 Å². The Morgan fingerprint density at radius 2 is 2.05 bits per heavy atom. The molecule has 0 bridgehead atoms. The van der Waals surface area contributed by atoms with E-state index in [1.54, 1.807) is 18.5 Å². The summed E-state index contributed by atoms with van der Waals surface area (Å²) in [6, 6.07) is 2.82. The lowest BCUT2D eigenvalue weighted by Crippen LogP contribution is -2.50. The summed E-state index contributed by atoms with van der Waals surface area (Å²) in [6.45, 7) is 4.18. The van der Waals surface area contributed by atoms with Gasteiger partial charge in [-0.1, -0.05) is 19.9 Å². The van der Waals surface area contributed by atoms with Crippen molar-refractivity contribution in [2.45, 2.75) is 32.9 Å². The first-order valence-corrected chi connectivity index (χ1v) is 8.52. The fourth-order valence-corrected chi connectivity index (χ4v) is 2.55. The van der Waals surface area contributed by atoms with Gasteiger partial charge in [0.05, 0.1) is 0 Å². The van der Waals surface area contributed by atoms with E-state index in [1.807, 2.05) is 19.9 Å². The molecule has 0 aromatic carbocycles. The minimum Gasteiger partial charge on any atom is -0.351 e. The van der Waals surface area contributed by atoms with Crippen LogP contribution in [0.3, 0.4) is 0 Å². The summed E-state index contributed by atoms with van der Waals surface area (Å²) in [6.07, 6.45) is 3.73. The Morgan fingerprint density at radius 1 is 1.36 bits per heavy atom. The first-order chi connectivity index (χ1) is 10.2. The normalized spacial score (nSPS) is 13.4. The van der Waals surface area contributed by atoms with E-state index >= 15 is 0 Å². The van der Waals surface area contributed by atoms with Crippen LogP contribution >= 0.6 is 0 Å². The summed E-state index contributed by atoms with van der Waals surface area (Å²) in [7, 11) is -0.823. The summed E-state index contributed by atoms with van der Waals surface area (Å²) in [4.78, 5) is 16.2. The van der Waals surface area contributed by atoms with Crippen LogP contribution in [-0.2, 0) is 21.5 Å². The highest BCUT2D eigenvalue weighted by molar-refractivity contribution is 7.87. The van der Waals surface area contributed by atoms with Crippen molar-refractivity contribution >= 4 is 16.1 Å². The zero-order chi connectivity index (χ0) is 16.8. The van der Waals surface area contributed by atoms with Gasteiger partial charge < -0.3 is 5.32 Å². The number of hydrogen-bond acceptors (Lipinski definition) is 4. The fourth-order valence-electron chi connectivity index (χ4n) is 1.78. The molecule has 0 spiro atoms. The Kier molecular flexibility index (Phi) is 6.92. The highest BCUT2D eigenvalue weighted by atomic mass is 32.2. The van der Waals surface area contributed by atoms with Crippen molar-refractivity contribution < 1.29 is 13.2 Å². The quantitative estimate of drug-likeness (QED) is 0.727. The van der Waals surface area contributed by atoms with Gasteiger partial charge in [0, 0.05) is 33.0 Å². The first-order valence-electron chi connectivity index (χ1n) is 7.08. The Hall–Kier alpha value is -1.51. The maximum atomic E-state index is 12.3. The molecule has 0 fully saturated rings. The predicted octanol–water partition coefficient (Wildman–Crippen LogP) is 0.509. The molecule has 1 heterocycles. The van der Waals surface area contributed by atoms with Crippen LogP contribution in [0.4, 0.5) is 0 Å². The lowest BCUT2D eigenvalue weighted by Gasteiger charge is -2.22. The molecule has 0 aliphatic rings. The SMILES string of the molecule is CC(C)C[C@@H](NS(=O)(=O)N(C)C)C(=O)NCc1cccnc1. The van der Waals surface area contributed by atoms with Crippen LogP contribution < -0.4 is 10.0 Å². The van der Waals surface area contributed by atoms with Gasteiger partial charge in [-0.05, 0) is 24.0 Å². The zero-order valence-corrected chi connectivity index (χ0v) is 14.2. The Balaban J connectivity index is 2.72. The molecule has 0 aliphatic carbocycles. The van der Waals surface area contributed by atoms with Gasteiger partial charge in [-0.3, -0.25) is 9.78 Å². The van der Waals surface area contributed by atoms with E-state index in [0.717, 1.165) is 9.87 Å². The Labute approximate surface area is 132 Å². The van der Waals surface area contributed by atoms with Crippen LogP contribution in [0.1, 0.15) is 25.8 Å². The Bertz CT molecular complexity index is 573. The summed E-state index contributed by atoms with van der Waals surface area (Å²) in [5.41, 5.74) is 0.856. The van der Waals surface area contributed by atoms with Crippen molar-refractivity contribution in [3.05, 3.63) is 30.1 Å². The molecule has 7 nitrogen and oxygen atoms in total. The van der Waals surface area contributed by atoms with Crippen LogP contribution in [0.15, 0.2) is 24.5 Å². The number of aromatic nitrogens is 1. The number of rotatable bonds is 8. The van der Waals surface area contributed by atoms with Crippen LogP contribution in [0.2, 0.25) is 0 Å². The minimum absolute atomic E-state index is 0.180. The molecule has 0 aliphatic heterocycles. The molecule has 1 rings (SSSR count). The molecule has 1 amide bonds. The van der Waals surface area contributed by atoms with Crippen molar-refractivity contribution in [1.29, 1.82) is 0 Å². The lowest BCUT2D eigenvalue weighted by atomic mass is 10.0. The number of nitrogens with zero attached hydrogens (tertiary/aromatic N) is 2. The van der Waals surface area contributed by atoms with Crippen molar-refractivity contribution in [2.24, 2.45) is 5.92 Å². The molecule has 1 aromatic rings. The number of carbonyl (C=O) groups excluding carboxylic acids is 1. The topological polar surface area (TPSA) is 91.4 Å². The Morgan fingerprint density at radius 3 is 2.55 bits per heavy atom. The molecule has 1 atom stereocenters. The summed E-state index contributed by atoms with van der Waals surface area (Å²) in [5, 5.41) is 2.74. The average molecular weight is 328 g/mol. The minimum atomic E-state index is -3.66. The second-order valence-electron chi connectivity index (χ2n) is 5.67. The third-order valence-electron chi connectivity index (χ3n) is 2.99. The van der Waals surface area contributed by atoms with E-state index in [0.29, 0.717) is 13.0 Å². The highest BCUT2D eigenvalue weighted by Gasteiger charge is 2.26. The summed E-state index contributed by atoms with van der Waals surface area (Å²) < 4.78 is 27.3. The maximum absolute atomic E-state index is 12.3. The molecular weight excluding hydrogens is 304 g/mol. The number of hydrogen-bond donors (Lipinski definition) is 2. The van der Waals surface area contributed by atoms with Gasteiger partial charge in [-0.15, -0.1) is 0 Å². The zero-order valence-electron chi connectivity index (χ0n) is 13.4. The second-order valence-corrected chi connectivity index (χ2v) is 7.58. The fraction of sp³-hybridized carbons (Fsp3) is 0.571. The molecule has 0 saturated carbocycles. The van der Waals surface area contributed by atoms with Crippen LogP contribution in [0, 0.1) is 5.92 Å². The third-order valence-corrected chi connectivity index (χ3v) is 4.53. The smallest absolute Gasteiger partial charge is 0.279 e. The van der Waals surface area contributed by atoms with Crippen LogP contribution in [0.5, 0.6) is 0 Å². The molecule has 0 radical (unpaired) electrons. The van der Waals surface area contributed by atoms with E-state index in [-0.39, 0.29) is 11.8 Å². The van der Waals surface area contributed by atoms with E-state index < -0.39 is 16.3 Å². The van der Waals surface area contributed by atoms with Gasteiger partial charge >= 0.3 is 0 Å². The van der Waals surface area contributed by atoms with Crippen molar-refractivity contribution in [3.8, 4) is 0 Å². The lowest BCUT2D eigenvalue weighted by molar-refractivity contribution is -0.123. The van der Waals surface area contributed by atoms with E-state index in [1.165, 1.54) is 14.1 Å². The van der Waals surface area contributed by atoms with Crippen LogP contribution in [0.25, 0.3) is 0 Å². The standard InChI is InChI=1S/C14H24N4O3S/c1-11(2)8-13(17-22(20,21)18(3)4)14(19)16-10-12-6-5-7-15-9-12/h5-7,9,11,13,17H,8,10H2,1-4H3,(H,16,19)/t13-/m1/s1. The van der Waals surface area contributed by atoms with E-state index in [2.05, 4.69) is 15.0 Å². The van der Waals surface area contributed by atoms with E-state index in [4.69, 9.17) is 0 Å². The number of carbonyl (C=O) groups is 1. The summed E-state index contributed by atoms with van der Waals surface area (Å²) >= 11 is 0. The molecule has 124 valence electrons. The average Bonchev–Trinajstić information content (AvgIpc) is 2.44. The third kappa shape index (κ3) is 6.08. The molecule has 1 aromatic heterocycles.